The largest absolute Gasteiger partial charge is 0.481 e. The topological polar surface area (TPSA) is 119 Å². The van der Waals surface area contributed by atoms with Crippen molar-refractivity contribution in [3.05, 3.63) is 46.3 Å². The lowest BCUT2D eigenvalue weighted by atomic mass is 9.82. The van der Waals surface area contributed by atoms with Crippen LogP contribution < -0.4 is 5.32 Å². The van der Waals surface area contributed by atoms with Gasteiger partial charge in [0.1, 0.15) is 5.92 Å². The standard InChI is InChI=1S/C14H11FN2O6/c15-7-2-1-6(5-8(7)17(21)22)16-13(18)11-9-3-4-10(23-9)12(11)14(19)20/h1-5,9-12H,(H,16,18)(H,19,20)/t9-,10-,11+,12-/m1/s1. The first kappa shape index (κ1) is 15.1. The van der Waals surface area contributed by atoms with Gasteiger partial charge in [0.15, 0.2) is 0 Å². The van der Waals surface area contributed by atoms with E-state index in [1.165, 1.54) is 6.07 Å². The number of halogens is 1. The number of carboxylic acids is 1. The maximum atomic E-state index is 13.3. The summed E-state index contributed by atoms with van der Waals surface area (Å²) in [5.74, 6) is -4.81. The molecule has 120 valence electrons. The van der Waals surface area contributed by atoms with Crippen molar-refractivity contribution < 1.29 is 28.7 Å². The summed E-state index contributed by atoms with van der Waals surface area (Å²) in [7, 11) is 0. The fraction of sp³-hybridized carbons (Fsp3) is 0.286. The van der Waals surface area contributed by atoms with Crippen molar-refractivity contribution in [1.82, 2.24) is 0 Å². The summed E-state index contributed by atoms with van der Waals surface area (Å²) < 4.78 is 18.7. The van der Waals surface area contributed by atoms with Gasteiger partial charge in [0, 0.05) is 11.8 Å². The van der Waals surface area contributed by atoms with Crippen LogP contribution >= 0.6 is 0 Å². The van der Waals surface area contributed by atoms with E-state index in [0.717, 1.165) is 12.1 Å². The number of benzene rings is 1. The Hall–Kier alpha value is -2.81. The number of carbonyl (C=O) groups excluding carboxylic acids is 1. The zero-order chi connectivity index (χ0) is 16.7. The van der Waals surface area contributed by atoms with Crippen molar-refractivity contribution in [3.63, 3.8) is 0 Å². The van der Waals surface area contributed by atoms with Gasteiger partial charge in [-0.25, -0.2) is 0 Å². The fourth-order valence-electron chi connectivity index (χ4n) is 2.87. The van der Waals surface area contributed by atoms with Gasteiger partial charge in [0.05, 0.1) is 23.0 Å². The second-order valence-corrected chi connectivity index (χ2v) is 5.25. The Labute approximate surface area is 128 Å². The van der Waals surface area contributed by atoms with Crippen molar-refractivity contribution >= 4 is 23.3 Å². The van der Waals surface area contributed by atoms with Crippen LogP contribution in [-0.2, 0) is 14.3 Å². The van der Waals surface area contributed by atoms with Crippen molar-refractivity contribution in [2.45, 2.75) is 12.2 Å². The summed E-state index contributed by atoms with van der Waals surface area (Å²) in [6.07, 6.45) is 1.88. The summed E-state index contributed by atoms with van der Waals surface area (Å²) in [5.41, 5.74) is -0.763. The van der Waals surface area contributed by atoms with Crippen LogP contribution in [0.15, 0.2) is 30.4 Å². The van der Waals surface area contributed by atoms with Gasteiger partial charge in [-0.2, -0.15) is 4.39 Å². The molecule has 1 aromatic rings. The maximum Gasteiger partial charge on any atom is 0.310 e. The number of nitrogens with one attached hydrogen (secondary N) is 1. The van der Waals surface area contributed by atoms with E-state index in [-0.39, 0.29) is 5.69 Å². The maximum absolute atomic E-state index is 13.3. The number of ether oxygens (including phenoxy) is 1. The number of fused-ring (bicyclic) bond motifs is 2. The van der Waals surface area contributed by atoms with E-state index < -0.39 is 52.3 Å². The van der Waals surface area contributed by atoms with Gasteiger partial charge < -0.3 is 15.2 Å². The smallest absolute Gasteiger partial charge is 0.310 e. The molecule has 2 bridgehead atoms. The van der Waals surface area contributed by atoms with Crippen LogP contribution in [0.1, 0.15) is 0 Å². The minimum absolute atomic E-state index is 0.0130. The van der Waals surface area contributed by atoms with Gasteiger partial charge in [-0.1, -0.05) is 12.2 Å². The molecule has 3 rings (SSSR count). The molecule has 1 fully saturated rings. The van der Waals surface area contributed by atoms with E-state index in [0.29, 0.717) is 0 Å². The molecular weight excluding hydrogens is 311 g/mol. The molecule has 0 spiro atoms. The summed E-state index contributed by atoms with van der Waals surface area (Å²) in [4.78, 5) is 33.4. The minimum atomic E-state index is -1.16. The average Bonchev–Trinajstić information content (AvgIpc) is 3.09. The van der Waals surface area contributed by atoms with E-state index in [2.05, 4.69) is 5.32 Å². The number of hydrogen-bond donors (Lipinski definition) is 2. The number of carbonyl (C=O) groups is 2. The normalized spacial score (nSPS) is 27.9. The third-order valence-electron chi connectivity index (χ3n) is 3.90. The summed E-state index contributed by atoms with van der Waals surface area (Å²) in [6, 6.07) is 2.91. The van der Waals surface area contributed by atoms with Crippen molar-refractivity contribution in [1.29, 1.82) is 0 Å². The van der Waals surface area contributed by atoms with Crippen LogP contribution in [0.4, 0.5) is 15.8 Å². The number of rotatable bonds is 4. The van der Waals surface area contributed by atoms with Gasteiger partial charge in [-0.05, 0) is 12.1 Å². The number of nitro benzene ring substituents is 1. The number of amides is 1. The van der Waals surface area contributed by atoms with Crippen LogP contribution in [0.25, 0.3) is 0 Å². The first-order chi connectivity index (χ1) is 10.9. The predicted octanol–water partition coefficient (Wildman–Crippen LogP) is 1.33. The third-order valence-corrected chi connectivity index (χ3v) is 3.90. The molecule has 8 nitrogen and oxygen atoms in total. The third kappa shape index (κ3) is 2.55. The molecule has 1 amide bonds. The highest BCUT2D eigenvalue weighted by Crippen LogP contribution is 2.40. The lowest BCUT2D eigenvalue weighted by Crippen LogP contribution is -2.39. The SMILES string of the molecule is O=C(Nc1ccc(F)c([N+](=O)[O-])c1)[C@@H]1[C@H](C(=O)O)[C@H]2C=C[C@H]1O2. The predicted molar refractivity (Wildman–Crippen MR) is 74.1 cm³/mol. The summed E-state index contributed by atoms with van der Waals surface area (Å²) in [5, 5.41) is 22.3. The highest BCUT2D eigenvalue weighted by molar-refractivity contribution is 5.96. The Morgan fingerprint density at radius 1 is 1.26 bits per heavy atom. The van der Waals surface area contributed by atoms with E-state index >= 15 is 0 Å². The van der Waals surface area contributed by atoms with Gasteiger partial charge in [0.25, 0.3) is 0 Å². The summed E-state index contributed by atoms with van der Waals surface area (Å²) in [6.45, 7) is 0. The molecule has 1 aromatic carbocycles. The van der Waals surface area contributed by atoms with E-state index in [1.54, 1.807) is 12.2 Å². The van der Waals surface area contributed by atoms with E-state index in [4.69, 9.17) is 4.74 Å². The lowest BCUT2D eigenvalue weighted by molar-refractivity contribution is -0.387. The molecule has 0 aliphatic carbocycles. The van der Waals surface area contributed by atoms with Gasteiger partial charge in [-0.3, -0.25) is 19.7 Å². The van der Waals surface area contributed by atoms with Crippen molar-refractivity contribution in [3.8, 4) is 0 Å². The first-order valence-corrected chi connectivity index (χ1v) is 6.70. The van der Waals surface area contributed by atoms with Gasteiger partial charge in [0.2, 0.25) is 11.7 Å². The Kier molecular flexibility index (Phi) is 3.57. The molecule has 0 aromatic heterocycles. The second kappa shape index (κ2) is 5.43. The molecule has 4 atom stereocenters. The van der Waals surface area contributed by atoms with Crippen LogP contribution in [0, 0.1) is 27.8 Å². The number of aliphatic carboxylic acids is 1. The number of carboxylic acid groups (broad SMARTS) is 1. The Morgan fingerprint density at radius 3 is 2.52 bits per heavy atom. The number of anilines is 1. The van der Waals surface area contributed by atoms with Crippen LogP contribution in [0.5, 0.6) is 0 Å². The molecule has 0 radical (unpaired) electrons. The van der Waals surface area contributed by atoms with Crippen molar-refractivity contribution in [2.24, 2.45) is 11.8 Å². The van der Waals surface area contributed by atoms with Crippen molar-refractivity contribution in [2.75, 3.05) is 5.32 Å². The molecule has 0 saturated carbocycles. The lowest BCUT2D eigenvalue weighted by Gasteiger charge is -2.20. The first-order valence-electron chi connectivity index (χ1n) is 6.70. The van der Waals surface area contributed by atoms with E-state index in [9.17, 15) is 29.2 Å². The second-order valence-electron chi connectivity index (χ2n) is 5.25. The molecule has 9 heteroatoms. The molecule has 23 heavy (non-hydrogen) atoms. The van der Waals surface area contributed by atoms with Gasteiger partial charge >= 0.3 is 11.7 Å². The van der Waals surface area contributed by atoms with Gasteiger partial charge in [-0.15, -0.1) is 0 Å². The zero-order valence-corrected chi connectivity index (χ0v) is 11.5. The minimum Gasteiger partial charge on any atom is -0.481 e. The molecular formula is C14H11FN2O6. The summed E-state index contributed by atoms with van der Waals surface area (Å²) >= 11 is 0. The number of nitrogens with zero attached hydrogens (tertiary/aromatic N) is 1. The fourth-order valence-corrected chi connectivity index (χ4v) is 2.87. The highest BCUT2D eigenvalue weighted by atomic mass is 19.1. The number of nitro groups is 1. The molecule has 2 N–H and O–H groups in total. The molecule has 0 unspecified atom stereocenters. The van der Waals surface area contributed by atoms with Crippen LogP contribution in [0.3, 0.4) is 0 Å². The molecule has 2 aliphatic rings. The van der Waals surface area contributed by atoms with E-state index in [1.807, 2.05) is 0 Å². The molecule has 1 saturated heterocycles. The Morgan fingerprint density at radius 2 is 1.91 bits per heavy atom. The van der Waals surface area contributed by atoms with Crippen LogP contribution in [0.2, 0.25) is 0 Å². The van der Waals surface area contributed by atoms with Crippen LogP contribution in [-0.4, -0.2) is 34.1 Å². The molecule has 2 heterocycles. The Bertz CT molecular complexity index is 734. The zero-order valence-electron chi connectivity index (χ0n) is 11.5. The number of hydrogen-bond acceptors (Lipinski definition) is 5. The Balaban J connectivity index is 1.82. The monoisotopic (exact) mass is 322 g/mol. The quantitative estimate of drug-likeness (QED) is 0.490. The molecule has 2 aliphatic heterocycles. The average molecular weight is 322 g/mol. The highest BCUT2D eigenvalue weighted by Gasteiger charge is 2.53.